The third kappa shape index (κ3) is 4.44. The molecule has 0 N–H and O–H groups in total. The largest absolute Gasteiger partial charge is 0.481 e. The number of hydrogen-bond donors (Lipinski definition) is 0. The summed E-state index contributed by atoms with van der Waals surface area (Å²) >= 11 is 0. The highest BCUT2D eigenvalue weighted by molar-refractivity contribution is 5.83. The molecule has 0 saturated heterocycles. The van der Waals surface area contributed by atoms with Gasteiger partial charge in [0.25, 0.3) is 0 Å². The molecule has 0 fully saturated rings. The number of rotatable bonds is 7. The van der Waals surface area contributed by atoms with Gasteiger partial charge >= 0.3 is 0 Å². The molecule has 2 aliphatic rings. The van der Waals surface area contributed by atoms with Gasteiger partial charge in [0.15, 0.2) is 0 Å². The van der Waals surface area contributed by atoms with Gasteiger partial charge in [0, 0.05) is 31.0 Å². The Balaban J connectivity index is 1.28. The van der Waals surface area contributed by atoms with Crippen LogP contribution in [0.2, 0.25) is 0 Å². The molecule has 1 aliphatic heterocycles. The number of aryl methyl sites for hydroxylation is 1. The molecule has 0 bridgehead atoms. The molecule has 0 saturated carbocycles. The number of pyridine rings is 2. The predicted molar refractivity (Wildman–Crippen MR) is 131 cm³/mol. The van der Waals surface area contributed by atoms with Crippen molar-refractivity contribution < 1.29 is 14.2 Å². The molecule has 6 rings (SSSR count). The van der Waals surface area contributed by atoms with Crippen molar-refractivity contribution in [2.24, 2.45) is 0 Å². The lowest BCUT2D eigenvalue weighted by molar-refractivity contribution is 0.0663. The summed E-state index contributed by atoms with van der Waals surface area (Å²) in [5.41, 5.74) is 6.20. The number of hydrogen-bond acceptors (Lipinski definition) is 7. The normalized spacial score (nSPS) is 17.1. The Morgan fingerprint density at radius 3 is 2.86 bits per heavy atom. The van der Waals surface area contributed by atoms with Crippen LogP contribution in [0.25, 0.3) is 16.7 Å². The third-order valence-electron chi connectivity index (χ3n) is 6.67. The van der Waals surface area contributed by atoms with Gasteiger partial charge in [0.2, 0.25) is 12.7 Å². The lowest BCUT2D eigenvalue weighted by atomic mass is 9.92. The van der Waals surface area contributed by atoms with Crippen molar-refractivity contribution >= 4 is 11.0 Å². The van der Waals surface area contributed by atoms with Crippen molar-refractivity contribution in [3.8, 4) is 11.6 Å². The van der Waals surface area contributed by atoms with Crippen LogP contribution in [0.4, 0.5) is 0 Å². The summed E-state index contributed by atoms with van der Waals surface area (Å²) in [5, 5.41) is 4.94. The summed E-state index contributed by atoms with van der Waals surface area (Å²) in [7, 11) is 1.62. The average Bonchev–Trinajstić information content (AvgIpc) is 3.57. The van der Waals surface area contributed by atoms with Crippen molar-refractivity contribution in [1.82, 2.24) is 24.6 Å². The molecular weight excluding hydrogens is 442 g/mol. The molecule has 4 aromatic rings. The van der Waals surface area contributed by atoms with Gasteiger partial charge in [-0.05, 0) is 42.5 Å². The summed E-state index contributed by atoms with van der Waals surface area (Å²) in [6.07, 6.45) is 8.57. The summed E-state index contributed by atoms with van der Waals surface area (Å²) in [6.45, 7) is 1.88. The van der Waals surface area contributed by atoms with Crippen LogP contribution in [0.3, 0.4) is 0 Å². The maximum Gasteiger partial charge on any atom is 0.229 e. The zero-order valence-electron chi connectivity index (χ0n) is 19.6. The number of benzene rings is 1. The molecule has 1 aliphatic carbocycles. The molecule has 0 radical (unpaired) electrons. The van der Waals surface area contributed by atoms with Gasteiger partial charge in [-0.2, -0.15) is 5.10 Å². The molecule has 4 heterocycles. The van der Waals surface area contributed by atoms with Crippen molar-refractivity contribution in [2.45, 2.75) is 31.8 Å². The highest BCUT2D eigenvalue weighted by Crippen LogP contribution is 2.29. The fourth-order valence-electron chi connectivity index (χ4n) is 4.90. The first-order valence-corrected chi connectivity index (χ1v) is 11.9. The monoisotopic (exact) mass is 469 g/mol. The highest BCUT2D eigenvalue weighted by Gasteiger charge is 2.28. The van der Waals surface area contributed by atoms with Crippen LogP contribution in [0.15, 0.2) is 72.9 Å². The first kappa shape index (κ1) is 21.6. The second-order valence-electron chi connectivity index (χ2n) is 8.90. The van der Waals surface area contributed by atoms with Crippen molar-refractivity contribution in [1.29, 1.82) is 0 Å². The van der Waals surface area contributed by atoms with E-state index in [0.29, 0.717) is 18.7 Å². The molecule has 1 aromatic carbocycles. The third-order valence-corrected chi connectivity index (χ3v) is 6.67. The van der Waals surface area contributed by atoms with E-state index in [9.17, 15) is 0 Å². The fraction of sp³-hybridized carbons (Fsp3) is 0.296. The molecule has 1 unspecified atom stereocenters. The second-order valence-corrected chi connectivity index (χ2v) is 8.90. The van der Waals surface area contributed by atoms with E-state index in [-0.39, 0.29) is 0 Å². The molecular formula is C27H27N5O3. The molecule has 8 heteroatoms. The number of methoxy groups -OCH3 is 1. The van der Waals surface area contributed by atoms with E-state index in [1.54, 1.807) is 19.6 Å². The summed E-state index contributed by atoms with van der Waals surface area (Å²) in [5.74, 6) is 1.44. The highest BCUT2D eigenvalue weighted by atomic mass is 16.7. The van der Waals surface area contributed by atoms with Gasteiger partial charge in [-0.3, -0.25) is 9.88 Å². The molecule has 0 amide bonds. The van der Waals surface area contributed by atoms with Gasteiger partial charge in [-0.1, -0.05) is 30.3 Å². The van der Waals surface area contributed by atoms with Crippen LogP contribution in [0.1, 0.15) is 23.2 Å². The van der Waals surface area contributed by atoms with E-state index in [4.69, 9.17) is 19.3 Å². The lowest BCUT2D eigenvalue weighted by Crippen LogP contribution is -2.40. The smallest absolute Gasteiger partial charge is 0.229 e. The molecule has 8 nitrogen and oxygen atoms in total. The van der Waals surface area contributed by atoms with E-state index >= 15 is 0 Å². The Labute approximate surface area is 203 Å². The number of aromatic nitrogens is 4. The van der Waals surface area contributed by atoms with Crippen LogP contribution in [0.5, 0.6) is 5.88 Å². The van der Waals surface area contributed by atoms with Crippen molar-refractivity contribution in [3.05, 3.63) is 89.8 Å². The van der Waals surface area contributed by atoms with Gasteiger partial charge in [0.05, 0.1) is 30.6 Å². The SMILES string of the molecule is COc1ccc2nccc(-n3cc4c(n3)CCC(N(CC3=COCO3)Cc3ccccc3)C4)c2n1. The lowest BCUT2D eigenvalue weighted by Gasteiger charge is -2.33. The van der Waals surface area contributed by atoms with E-state index < -0.39 is 0 Å². The minimum atomic E-state index is 0.300. The Kier molecular flexibility index (Phi) is 5.79. The average molecular weight is 470 g/mol. The summed E-state index contributed by atoms with van der Waals surface area (Å²) in [6, 6.07) is 16.7. The number of ether oxygens (including phenoxy) is 3. The van der Waals surface area contributed by atoms with Crippen LogP contribution in [-0.2, 0) is 28.9 Å². The Morgan fingerprint density at radius 1 is 1.11 bits per heavy atom. The van der Waals surface area contributed by atoms with Crippen molar-refractivity contribution in [2.75, 3.05) is 20.4 Å². The van der Waals surface area contributed by atoms with Crippen LogP contribution >= 0.6 is 0 Å². The number of fused-ring (bicyclic) bond motifs is 2. The minimum absolute atomic E-state index is 0.300. The van der Waals surface area contributed by atoms with E-state index in [0.717, 1.165) is 60.5 Å². The van der Waals surface area contributed by atoms with E-state index in [1.807, 2.05) is 22.9 Å². The second kappa shape index (κ2) is 9.38. The molecule has 178 valence electrons. The Morgan fingerprint density at radius 2 is 2.03 bits per heavy atom. The first-order valence-electron chi connectivity index (χ1n) is 11.9. The van der Waals surface area contributed by atoms with E-state index in [2.05, 4.69) is 51.4 Å². The van der Waals surface area contributed by atoms with Crippen LogP contribution in [-0.4, -0.2) is 51.1 Å². The van der Waals surface area contributed by atoms with Gasteiger partial charge in [0.1, 0.15) is 17.5 Å². The van der Waals surface area contributed by atoms with Crippen LogP contribution < -0.4 is 4.74 Å². The zero-order valence-corrected chi connectivity index (χ0v) is 19.6. The van der Waals surface area contributed by atoms with Crippen LogP contribution in [0, 0.1) is 0 Å². The molecule has 35 heavy (non-hydrogen) atoms. The van der Waals surface area contributed by atoms with Gasteiger partial charge in [-0.25, -0.2) is 9.67 Å². The minimum Gasteiger partial charge on any atom is -0.481 e. The Hall–Kier alpha value is -3.91. The topological polar surface area (TPSA) is 74.5 Å². The number of nitrogens with zero attached hydrogens (tertiary/aromatic N) is 5. The standard InChI is InChI=1S/C27H27N5O3/c1-33-26-10-9-24-27(29-26)25(11-12-28-24)32-15-20-13-21(7-8-23(20)30-32)31(16-22-17-34-18-35-22)14-19-5-3-2-4-6-19/h2-6,9-12,15,17,21H,7-8,13-14,16,18H2,1H3. The molecule has 0 spiro atoms. The maximum absolute atomic E-state index is 5.66. The fourth-order valence-corrected chi connectivity index (χ4v) is 4.90. The quantitative estimate of drug-likeness (QED) is 0.405. The predicted octanol–water partition coefficient (Wildman–Crippen LogP) is 4.03. The van der Waals surface area contributed by atoms with Gasteiger partial charge in [-0.15, -0.1) is 0 Å². The summed E-state index contributed by atoms with van der Waals surface area (Å²) < 4.78 is 18.3. The van der Waals surface area contributed by atoms with Crippen molar-refractivity contribution in [3.63, 3.8) is 0 Å². The maximum atomic E-state index is 5.66. The molecule has 3 aromatic heterocycles. The Bertz CT molecular complexity index is 1370. The van der Waals surface area contributed by atoms with E-state index in [1.165, 1.54) is 11.1 Å². The first-order chi connectivity index (χ1) is 17.3. The zero-order chi connectivity index (χ0) is 23.6. The summed E-state index contributed by atoms with van der Waals surface area (Å²) in [4.78, 5) is 11.6. The van der Waals surface area contributed by atoms with Gasteiger partial charge < -0.3 is 14.2 Å². The molecule has 1 atom stereocenters.